The van der Waals surface area contributed by atoms with Gasteiger partial charge in [0.1, 0.15) is 16.8 Å². The molecule has 8 heteroatoms. The van der Waals surface area contributed by atoms with Crippen LogP contribution in [0.15, 0.2) is 47.4 Å². The molecule has 2 aromatic rings. The molecule has 2 heterocycles. The molecule has 2 aromatic carbocycles. The quantitative estimate of drug-likeness (QED) is 0.813. The van der Waals surface area contributed by atoms with Crippen molar-refractivity contribution in [1.29, 1.82) is 0 Å². The highest BCUT2D eigenvalue weighted by Gasteiger charge is 2.31. The van der Waals surface area contributed by atoms with Crippen LogP contribution in [0.1, 0.15) is 5.56 Å². The number of piperazine rings is 1. The van der Waals surface area contributed by atoms with Crippen LogP contribution in [0.25, 0.3) is 0 Å². The molecule has 1 saturated heterocycles. The number of ether oxygens (including phenoxy) is 1. The highest BCUT2D eigenvalue weighted by atomic mass is 32.2. The molecule has 0 radical (unpaired) electrons. The van der Waals surface area contributed by atoms with E-state index in [2.05, 4.69) is 25.9 Å². The van der Waals surface area contributed by atoms with Gasteiger partial charge in [-0.25, -0.2) is 8.42 Å². The zero-order valence-electron chi connectivity index (χ0n) is 16.2. The van der Waals surface area contributed by atoms with E-state index in [0.29, 0.717) is 17.1 Å². The Morgan fingerprint density at radius 1 is 1.11 bits per heavy atom. The third kappa shape index (κ3) is 3.80. The molecular weight excluding hydrogens is 376 g/mol. The first-order valence-electron chi connectivity index (χ1n) is 9.46. The van der Waals surface area contributed by atoms with Crippen LogP contribution in [0.3, 0.4) is 0 Å². The van der Waals surface area contributed by atoms with Gasteiger partial charge in [-0.05, 0) is 36.8 Å². The van der Waals surface area contributed by atoms with E-state index in [9.17, 15) is 8.42 Å². The normalized spacial score (nSPS) is 21.6. The summed E-state index contributed by atoms with van der Waals surface area (Å²) in [6.45, 7) is 6.04. The fraction of sp³-hybridized carbons (Fsp3) is 0.400. The molecule has 0 amide bonds. The first-order chi connectivity index (χ1) is 13.5. The van der Waals surface area contributed by atoms with Crippen LogP contribution >= 0.6 is 0 Å². The summed E-state index contributed by atoms with van der Waals surface area (Å²) in [5, 5.41) is 3.34. The SMILES string of the molecule is COc1ccccc1N1CCN(CC2Nc3cc(C)ccc3S(=O)(=O)N2)CC1. The number of benzene rings is 2. The molecule has 1 unspecified atom stereocenters. The third-order valence-electron chi connectivity index (χ3n) is 5.29. The standard InChI is InChI=1S/C20H26N4O3S/c1-15-7-8-19-16(13-15)21-20(22-28(19,25)26)14-23-9-11-24(12-10-23)17-5-3-4-6-18(17)27-2/h3-8,13,20-22H,9-12,14H2,1-2H3. The Balaban J connectivity index is 1.40. The fourth-order valence-electron chi connectivity index (χ4n) is 3.86. The van der Waals surface area contributed by atoms with Crippen molar-refractivity contribution in [3.05, 3.63) is 48.0 Å². The Labute approximate surface area is 166 Å². The smallest absolute Gasteiger partial charge is 0.244 e. The summed E-state index contributed by atoms with van der Waals surface area (Å²) in [6.07, 6.45) is -0.336. The molecule has 1 fully saturated rings. The van der Waals surface area contributed by atoms with Crippen molar-refractivity contribution < 1.29 is 13.2 Å². The lowest BCUT2D eigenvalue weighted by Gasteiger charge is -2.39. The summed E-state index contributed by atoms with van der Waals surface area (Å²) >= 11 is 0. The minimum atomic E-state index is -3.49. The van der Waals surface area contributed by atoms with Gasteiger partial charge in [-0.3, -0.25) is 4.90 Å². The molecule has 0 spiro atoms. The van der Waals surface area contributed by atoms with E-state index in [1.54, 1.807) is 13.2 Å². The van der Waals surface area contributed by atoms with Crippen molar-refractivity contribution in [3.8, 4) is 5.75 Å². The molecule has 1 atom stereocenters. The van der Waals surface area contributed by atoms with Crippen molar-refractivity contribution in [1.82, 2.24) is 9.62 Å². The van der Waals surface area contributed by atoms with Crippen molar-refractivity contribution in [2.75, 3.05) is 50.1 Å². The summed E-state index contributed by atoms with van der Waals surface area (Å²) in [5.74, 6) is 0.879. The number of fused-ring (bicyclic) bond motifs is 1. The van der Waals surface area contributed by atoms with E-state index in [0.717, 1.165) is 43.2 Å². The average Bonchev–Trinajstić information content (AvgIpc) is 2.67. The Morgan fingerprint density at radius 2 is 1.86 bits per heavy atom. The summed E-state index contributed by atoms with van der Waals surface area (Å²) in [4.78, 5) is 4.91. The molecule has 0 aliphatic carbocycles. The maximum Gasteiger partial charge on any atom is 0.244 e. The van der Waals surface area contributed by atoms with E-state index < -0.39 is 10.0 Å². The Morgan fingerprint density at radius 3 is 2.61 bits per heavy atom. The van der Waals surface area contributed by atoms with Crippen LogP contribution in [-0.2, 0) is 10.0 Å². The highest BCUT2D eigenvalue weighted by Crippen LogP contribution is 2.29. The molecule has 0 bridgehead atoms. The van der Waals surface area contributed by atoms with E-state index >= 15 is 0 Å². The van der Waals surface area contributed by atoms with Gasteiger partial charge in [-0.1, -0.05) is 18.2 Å². The summed E-state index contributed by atoms with van der Waals surface area (Å²) in [5.41, 5.74) is 2.81. The highest BCUT2D eigenvalue weighted by molar-refractivity contribution is 7.89. The number of hydrogen-bond acceptors (Lipinski definition) is 6. The summed E-state index contributed by atoms with van der Waals surface area (Å²) in [6, 6.07) is 13.4. The minimum absolute atomic E-state index is 0.315. The maximum atomic E-state index is 12.6. The summed E-state index contributed by atoms with van der Waals surface area (Å²) in [7, 11) is -1.80. The number of nitrogens with zero attached hydrogens (tertiary/aromatic N) is 2. The second-order valence-corrected chi connectivity index (χ2v) is 8.96. The molecule has 2 aliphatic rings. The van der Waals surface area contributed by atoms with Crippen LogP contribution in [0.4, 0.5) is 11.4 Å². The van der Waals surface area contributed by atoms with Crippen LogP contribution in [-0.4, -0.2) is 59.3 Å². The van der Waals surface area contributed by atoms with Crippen molar-refractivity contribution >= 4 is 21.4 Å². The number of para-hydroxylation sites is 2. The van der Waals surface area contributed by atoms with E-state index in [4.69, 9.17) is 4.74 Å². The number of sulfonamides is 1. The second-order valence-electron chi connectivity index (χ2n) is 7.28. The molecule has 2 aliphatic heterocycles. The van der Waals surface area contributed by atoms with Gasteiger partial charge in [0.15, 0.2) is 0 Å². The minimum Gasteiger partial charge on any atom is -0.495 e. The van der Waals surface area contributed by atoms with Gasteiger partial charge in [0.2, 0.25) is 10.0 Å². The third-order valence-corrected chi connectivity index (χ3v) is 6.82. The van der Waals surface area contributed by atoms with Gasteiger partial charge in [0.25, 0.3) is 0 Å². The van der Waals surface area contributed by atoms with Crippen molar-refractivity contribution in [3.63, 3.8) is 0 Å². The van der Waals surface area contributed by atoms with Crippen LogP contribution in [0.5, 0.6) is 5.75 Å². The number of aryl methyl sites for hydroxylation is 1. The first-order valence-corrected chi connectivity index (χ1v) is 10.9. The molecule has 0 saturated carbocycles. The second kappa shape index (κ2) is 7.62. The van der Waals surface area contributed by atoms with Gasteiger partial charge >= 0.3 is 0 Å². The Hall–Kier alpha value is -2.29. The van der Waals surface area contributed by atoms with Gasteiger partial charge in [-0.15, -0.1) is 0 Å². The number of anilines is 2. The van der Waals surface area contributed by atoms with Gasteiger partial charge in [0, 0.05) is 32.7 Å². The maximum absolute atomic E-state index is 12.6. The van der Waals surface area contributed by atoms with E-state index in [-0.39, 0.29) is 6.17 Å². The molecule has 28 heavy (non-hydrogen) atoms. The van der Waals surface area contributed by atoms with Crippen LogP contribution < -0.4 is 19.7 Å². The monoisotopic (exact) mass is 402 g/mol. The number of rotatable bonds is 4. The number of hydrogen-bond donors (Lipinski definition) is 2. The number of methoxy groups -OCH3 is 1. The molecule has 7 nitrogen and oxygen atoms in total. The molecular formula is C20H26N4O3S. The van der Waals surface area contributed by atoms with Gasteiger partial charge in [0.05, 0.1) is 18.5 Å². The predicted octanol–water partition coefficient (Wildman–Crippen LogP) is 1.86. The Bertz CT molecular complexity index is 956. The van der Waals surface area contributed by atoms with Crippen LogP contribution in [0, 0.1) is 6.92 Å². The average molecular weight is 403 g/mol. The predicted molar refractivity (Wildman–Crippen MR) is 111 cm³/mol. The topological polar surface area (TPSA) is 73.9 Å². The van der Waals surface area contributed by atoms with Crippen LogP contribution in [0.2, 0.25) is 0 Å². The largest absolute Gasteiger partial charge is 0.495 e. The zero-order chi connectivity index (χ0) is 19.7. The Kier molecular flexibility index (Phi) is 5.18. The van der Waals surface area contributed by atoms with Gasteiger partial charge < -0.3 is 15.0 Å². The fourth-order valence-corrected chi connectivity index (χ4v) is 5.15. The lowest BCUT2D eigenvalue weighted by Crippen LogP contribution is -2.55. The molecule has 4 rings (SSSR count). The van der Waals surface area contributed by atoms with E-state index in [1.807, 2.05) is 37.3 Å². The van der Waals surface area contributed by atoms with E-state index in [1.165, 1.54) is 0 Å². The first kappa shape index (κ1) is 19.0. The van der Waals surface area contributed by atoms with Crippen molar-refractivity contribution in [2.45, 2.75) is 18.0 Å². The zero-order valence-corrected chi connectivity index (χ0v) is 17.0. The lowest BCUT2D eigenvalue weighted by molar-refractivity contribution is 0.242. The summed E-state index contributed by atoms with van der Waals surface area (Å²) < 4.78 is 33.3. The number of nitrogens with one attached hydrogen (secondary N) is 2. The van der Waals surface area contributed by atoms with Crippen molar-refractivity contribution in [2.24, 2.45) is 0 Å². The molecule has 0 aromatic heterocycles. The van der Waals surface area contributed by atoms with Gasteiger partial charge in [-0.2, -0.15) is 4.72 Å². The molecule has 2 N–H and O–H groups in total. The molecule has 150 valence electrons. The lowest BCUT2D eigenvalue weighted by atomic mass is 10.2.